The van der Waals surface area contributed by atoms with Gasteiger partial charge in [0.2, 0.25) is 0 Å². The smallest absolute Gasteiger partial charge is 0.119 e. The lowest BCUT2D eigenvalue weighted by atomic mass is 9.87. The van der Waals surface area contributed by atoms with E-state index >= 15 is 0 Å². The molecule has 1 aliphatic carbocycles. The van der Waals surface area contributed by atoms with E-state index in [2.05, 4.69) is 37.1 Å². The van der Waals surface area contributed by atoms with E-state index in [0.717, 1.165) is 31.6 Å². The number of hydrogen-bond donors (Lipinski definition) is 0. The highest BCUT2D eigenvalue weighted by Gasteiger charge is 2.31. The van der Waals surface area contributed by atoms with Gasteiger partial charge in [0.15, 0.2) is 0 Å². The molecule has 1 aromatic rings. The second kappa shape index (κ2) is 6.40. The van der Waals surface area contributed by atoms with Gasteiger partial charge in [0.1, 0.15) is 5.75 Å². The van der Waals surface area contributed by atoms with Gasteiger partial charge in [0.25, 0.3) is 0 Å². The van der Waals surface area contributed by atoms with Crippen LogP contribution < -0.4 is 4.74 Å². The van der Waals surface area contributed by atoms with Crippen molar-refractivity contribution in [2.24, 2.45) is 0 Å². The van der Waals surface area contributed by atoms with Crippen LogP contribution in [0.25, 0.3) is 0 Å². The summed E-state index contributed by atoms with van der Waals surface area (Å²) in [5.41, 5.74) is 2.79. The van der Waals surface area contributed by atoms with E-state index in [4.69, 9.17) is 9.47 Å². The first kappa shape index (κ1) is 14.4. The van der Waals surface area contributed by atoms with Crippen LogP contribution in [-0.2, 0) is 17.7 Å². The standard InChI is InChI=1S/C16H25NO2/c1-5-12-8-15(18-3)7-6-13(12)11-17(2)14-9-16(10-14)19-4/h6-8,14,16H,5,9-11H2,1-4H3. The summed E-state index contributed by atoms with van der Waals surface area (Å²) in [6, 6.07) is 7.07. The van der Waals surface area contributed by atoms with Gasteiger partial charge < -0.3 is 9.47 Å². The van der Waals surface area contributed by atoms with Crippen LogP contribution >= 0.6 is 0 Å². The number of methoxy groups -OCH3 is 2. The molecule has 1 aromatic carbocycles. The summed E-state index contributed by atoms with van der Waals surface area (Å²) in [6.45, 7) is 3.21. The van der Waals surface area contributed by atoms with Crippen LogP contribution in [0.5, 0.6) is 5.75 Å². The molecule has 0 saturated heterocycles. The highest BCUT2D eigenvalue weighted by Crippen LogP contribution is 2.29. The molecule has 106 valence electrons. The summed E-state index contributed by atoms with van der Waals surface area (Å²) in [6.07, 6.45) is 3.83. The predicted molar refractivity (Wildman–Crippen MR) is 77.7 cm³/mol. The van der Waals surface area contributed by atoms with Gasteiger partial charge in [-0.1, -0.05) is 13.0 Å². The number of rotatable bonds is 6. The maximum Gasteiger partial charge on any atom is 0.119 e. The Labute approximate surface area is 116 Å². The third kappa shape index (κ3) is 3.28. The minimum absolute atomic E-state index is 0.467. The number of ether oxygens (including phenoxy) is 2. The van der Waals surface area contributed by atoms with Crippen molar-refractivity contribution in [1.29, 1.82) is 0 Å². The third-order valence-electron chi connectivity index (χ3n) is 4.24. The highest BCUT2D eigenvalue weighted by molar-refractivity contribution is 5.35. The Morgan fingerprint density at radius 3 is 2.53 bits per heavy atom. The van der Waals surface area contributed by atoms with Crippen LogP contribution in [0.3, 0.4) is 0 Å². The second-order valence-electron chi connectivity index (χ2n) is 5.39. The van der Waals surface area contributed by atoms with Crippen molar-refractivity contribution in [2.45, 2.75) is 44.9 Å². The third-order valence-corrected chi connectivity index (χ3v) is 4.24. The largest absolute Gasteiger partial charge is 0.497 e. The Kier molecular flexibility index (Phi) is 4.83. The molecule has 0 unspecified atom stereocenters. The predicted octanol–water partition coefficient (Wildman–Crippen LogP) is 2.87. The van der Waals surface area contributed by atoms with E-state index in [-0.39, 0.29) is 0 Å². The molecule has 0 spiro atoms. The number of aryl methyl sites for hydroxylation is 1. The van der Waals surface area contributed by atoms with Crippen molar-refractivity contribution < 1.29 is 9.47 Å². The molecule has 19 heavy (non-hydrogen) atoms. The van der Waals surface area contributed by atoms with Gasteiger partial charge in [0.05, 0.1) is 13.2 Å². The van der Waals surface area contributed by atoms with Crippen molar-refractivity contribution in [3.63, 3.8) is 0 Å². The fourth-order valence-corrected chi connectivity index (χ4v) is 2.70. The fraction of sp³-hybridized carbons (Fsp3) is 0.625. The van der Waals surface area contributed by atoms with Gasteiger partial charge in [-0.25, -0.2) is 0 Å². The Balaban J connectivity index is 1.98. The van der Waals surface area contributed by atoms with E-state index in [1.807, 2.05) is 0 Å². The first-order valence-corrected chi connectivity index (χ1v) is 7.06. The molecule has 0 N–H and O–H groups in total. The van der Waals surface area contributed by atoms with Crippen molar-refractivity contribution >= 4 is 0 Å². The molecule has 3 heteroatoms. The van der Waals surface area contributed by atoms with Crippen LogP contribution in [0.1, 0.15) is 30.9 Å². The summed E-state index contributed by atoms with van der Waals surface area (Å²) in [5.74, 6) is 0.950. The highest BCUT2D eigenvalue weighted by atomic mass is 16.5. The average molecular weight is 263 g/mol. The molecule has 0 aliphatic heterocycles. The molecule has 0 amide bonds. The summed E-state index contributed by atoms with van der Waals surface area (Å²) in [4.78, 5) is 2.44. The second-order valence-corrected chi connectivity index (χ2v) is 5.39. The minimum atomic E-state index is 0.467. The van der Waals surface area contributed by atoms with Gasteiger partial charge in [-0.3, -0.25) is 4.90 Å². The van der Waals surface area contributed by atoms with E-state index in [1.165, 1.54) is 11.1 Å². The number of benzene rings is 1. The Morgan fingerprint density at radius 2 is 1.95 bits per heavy atom. The van der Waals surface area contributed by atoms with Gasteiger partial charge >= 0.3 is 0 Å². The first-order chi connectivity index (χ1) is 9.17. The van der Waals surface area contributed by atoms with Gasteiger partial charge in [-0.05, 0) is 49.6 Å². The van der Waals surface area contributed by atoms with Crippen molar-refractivity contribution in [2.75, 3.05) is 21.3 Å². The molecule has 0 atom stereocenters. The lowest BCUT2D eigenvalue weighted by Gasteiger charge is -2.40. The Bertz CT molecular complexity index is 413. The quantitative estimate of drug-likeness (QED) is 0.787. The van der Waals surface area contributed by atoms with E-state index < -0.39 is 0 Å². The van der Waals surface area contributed by atoms with Crippen LogP contribution in [0, 0.1) is 0 Å². The SMILES string of the molecule is CCc1cc(OC)ccc1CN(C)C1CC(OC)C1. The zero-order valence-electron chi connectivity index (χ0n) is 12.5. The first-order valence-electron chi connectivity index (χ1n) is 7.06. The van der Waals surface area contributed by atoms with E-state index in [9.17, 15) is 0 Å². The van der Waals surface area contributed by atoms with Crippen LogP contribution in [0.2, 0.25) is 0 Å². The van der Waals surface area contributed by atoms with Crippen LogP contribution in [0.4, 0.5) is 0 Å². The minimum Gasteiger partial charge on any atom is -0.497 e. The fourth-order valence-electron chi connectivity index (χ4n) is 2.70. The molecule has 2 rings (SSSR count). The van der Waals surface area contributed by atoms with Gasteiger partial charge in [-0.15, -0.1) is 0 Å². The van der Waals surface area contributed by atoms with Gasteiger partial charge in [0, 0.05) is 19.7 Å². The maximum absolute atomic E-state index is 5.35. The van der Waals surface area contributed by atoms with E-state index in [1.54, 1.807) is 14.2 Å². The molecule has 1 fully saturated rings. The summed E-state index contributed by atoms with van der Waals surface area (Å²) in [7, 11) is 5.74. The van der Waals surface area contributed by atoms with E-state index in [0.29, 0.717) is 12.1 Å². The zero-order chi connectivity index (χ0) is 13.8. The molecule has 1 saturated carbocycles. The lowest BCUT2D eigenvalue weighted by molar-refractivity contribution is -0.0216. The normalized spacial score (nSPS) is 22.4. The molecular formula is C16H25NO2. The summed E-state index contributed by atoms with van der Waals surface area (Å²) >= 11 is 0. The van der Waals surface area contributed by atoms with Crippen molar-refractivity contribution in [3.05, 3.63) is 29.3 Å². The molecule has 0 radical (unpaired) electrons. The maximum atomic E-state index is 5.35. The van der Waals surface area contributed by atoms with Crippen molar-refractivity contribution in [3.8, 4) is 5.75 Å². The van der Waals surface area contributed by atoms with Crippen LogP contribution in [0.15, 0.2) is 18.2 Å². The Morgan fingerprint density at radius 1 is 1.21 bits per heavy atom. The molecule has 0 aromatic heterocycles. The van der Waals surface area contributed by atoms with Crippen LogP contribution in [-0.4, -0.2) is 38.3 Å². The number of hydrogen-bond acceptors (Lipinski definition) is 3. The van der Waals surface area contributed by atoms with Crippen molar-refractivity contribution in [1.82, 2.24) is 4.90 Å². The van der Waals surface area contributed by atoms with Gasteiger partial charge in [-0.2, -0.15) is 0 Å². The molecule has 3 nitrogen and oxygen atoms in total. The lowest BCUT2D eigenvalue weighted by Crippen LogP contribution is -2.45. The molecule has 0 bridgehead atoms. The molecule has 0 heterocycles. The molecule has 1 aliphatic rings. The average Bonchev–Trinajstić information content (AvgIpc) is 2.38. The monoisotopic (exact) mass is 263 g/mol. The zero-order valence-corrected chi connectivity index (χ0v) is 12.5. The summed E-state index contributed by atoms with van der Waals surface area (Å²) in [5, 5.41) is 0. The Hall–Kier alpha value is -1.06. The summed E-state index contributed by atoms with van der Waals surface area (Å²) < 4.78 is 10.6. The number of nitrogens with zero attached hydrogens (tertiary/aromatic N) is 1. The topological polar surface area (TPSA) is 21.7 Å². The molecular weight excluding hydrogens is 238 g/mol.